The second-order valence-corrected chi connectivity index (χ2v) is 5.56. The minimum atomic E-state index is -0.452. The zero-order chi connectivity index (χ0) is 12.7. The van der Waals surface area contributed by atoms with Crippen molar-refractivity contribution in [3.63, 3.8) is 0 Å². The third-order valence-electron chi connectivity index (χ3n) is 2.96. The van der Waals surface area contributed by atoms with Crippen LogP contribution in [0.5, 0.6) is 0 Å². The lowest BCUT2D eigenvalue weighted by Gasteiger charge is -2.11. The van der Waals surface area contributed by atoms with Gasteiger partial charge in [0.1, 0.15) is 0 Å². The van der Waals surface area contributed by atoms with Crippen molar-refractivity contribution in [2.45, 2.75) is 6.42 Å². The highest BCUT2D eigenvalue weighted by atomic mass is 35.5. The number of aromatic nitrogens is 1. The maximum Gasteiger partial charge on any atom is 0.229 e. The number of para-hydroxylation sites is 1. The first kappa shape index (κ1) is 11.6. The highest BCUT2D eigenvalue weighted by molar-refractivity contribution is 7.22. The predicted molar refractivity (Wildman–Crippen MR) is 70.9 cm³/mol. The normalized spacial score (nSPS) is 19.7. The molecule has 1 amide bonds. The molecule has 1 aliphatic heterocycles. The molecule has 1 fully saturated rings. The maximum atomic E-state index is 11.8. The Kier molecular flexibility index (Phi) is 2.80. The summed E-state index contributed by atoms with van der Waals surface area (Å²) in [5, 5.41) is 0.188. The number of carbonyl (C=O) groups is 2. The number of hydrogen-bond donors (Lipinski definition) is 0. The lowest BCUT2D eigenvalue weighted by molar-refractivity contribution is -0.120. The zero-order valence-electron chi connectivity index (χ0n) is 9.30. The van der Waals surface area contributed by atoms with Crippen LogP contribution < -0.4 is 4.90 Å². The molecule has 18 heavy (non-hydrogen) atoms. The van der Waals surface area contributed by atoms with Gasteiger partial charge in [-0.15, -0.1) is 0 Å². The average molecular weight is 281 g/mol. The van der Waals surface area contributed by atoms with Gasteiger partial charge in [0.15, 0.2) is 5.13 Å². The second kappa shape index (κ2) is 4.33. The van der Waals surface area contributed by atoms with Crippen molar-refractivity contribution in [1.82, 2.24) is 4.98 Å². The van der Waals surface area contributed by atoms with E-state index in [4.69, 9.17) is 11.6 Å². The summed E-state index contributed by atoms with van der Waals surface area (Å²) in [4.78, 5) is 28.9. The Morgan fingerprint density at radius 3 is 2.89 bits per heavy atom. The van der Waals surface area contributed by atoms with Gasteiger partial charge in [-0.25, -0.2) is 4.98 Å². The molecule has 1 aliphatic rings. The Balaban J connectivity index is 1.95. The van der Waals surface area contributed by atoms with Gasteiger partial charge in [-0.2, -0.15) is 0 Å². The molecule has 0 radical (unpaired) electrons. The molecule has 1 aromatic carbocycles. The highest BCUT2D eigenvalue weighted by Gasteiger charge is 2.35. The fraction of sp³-hybridized carbons (Fsp3) is 0.250. The molecule has 0 N–H and O–H groups in total. The monoisotopic (exact) mass is 280 g/mol. The third kappa shape index (κ3) is 1.89. The zero-order valence-corrected chi connectivity index (χ0v) is 10.9. The predicted octanol–water partition coefficient (Wildman–Crippen LogP) is 2.41. The van der Waals surface area contributed by atoms with Gasteiger partial charge in [-0.1, -0.05) is 23.5 Å². The molecular weight excluding hydrogens is 272 g/mol. The number of halogens is 1. The SMILES string of the molecule is O=C(Cl)[C@H]1CC(=O)N(c2nc3ccccc3s2)C1. The topological polar surface area (TPSA) is 50.3 Å². The first-order valence-corrected chi connectivity index (χ1v) is 6.70. The first-order valence-electron chi connectivity index (χ1n) is 5.50. The molecule has 2 aromatic rings. The molecule has 0 saturated carbocycles. The molecule has 6 heteroatoms. The fourth-order valence-electron chi connectivity index (χ4n) is 2.02. The van der Waals surface area contributed by atoms with Crippen molar-refractivity contribution in [2.75, 3.05) is 11.4 Å². The van der Waals surface area contributed by atoms with E-state index in [0.29, 0.717) is 11.7 Å². The smallest absolute Gasteiger partial charge is 0.229 e. The number of carbonyl (C=O) groups excluding carboxylic acids is 2. The van der Waals surface area contributed by atoms with Crippen molar-refractivity contribution < 1.29 is 9.59 Å². The van der Waals surface area contributed by atoms with Crippen molar-refractivity contribution >= 4 is 49.4 Å². The maximum absolute atomic E-state index is 11.8. The molecule has 4 nitrogen and oxygen atoms in total. The summed E-state index contributed by atoms with van der Waals surface area (Å²) in [7, 11) is 0. The third-order valence-corrected chi connectivity index (χ3v) is 4.33. The molecule has 3 rings (SSSR count). The number of hydrogen-bond acceptors (Lipinski definition) is 4. The summed E-state index contributed by atoms with van der Waals surface area (Å²) in [6, 6.07) is 7.70. The number of fused-ring (bicyclic) bond motifs is 1. The number of amides is 1. The number of rotatable bonds is 2. The van der Waals surface area contributed by atoms with E-state index >= 15 is 0 Å². The summed E-state index contributed by atoms with van der Waals surface area (Å²) < 4.78 is 1.03. The molecule has 0 spiro atoms. The molecule has 0 unspecified atom stereocenters. The van der Waals surface area contributed by atoms with Gasteiger partial charge in [0, 0.05) is 13.0 Å². The van der Waals surface area contributed by atoms with Crippen LogP contribution in [0.1, 0.15) is 6.42 Å². The van der Waals surface area contributed by atoms with Gasteiger partial charge >= 0.3 is 0 Å². The Morgan fingerprint density at radius 1 is 1.44 bits per heavy atom. The standard InChI is InChI=1S/C12H9ClN2O2S/c13-11(17)7-5-10(16)15(6-7)12-14-8-3-1-2-4-9(8)18-12/h1-4,7H,5-6H2/t7-/m0/s1. The summed E-state index contributed by atoms with van der Waals surface area (Å²) in [5.41, 5.74) is 0.867. The number of anilines is 1. The van der Waals surface area contributed by atoms with Gasteiger partial charge < -0.3 is 0 Å². The Morgan fingerprint density at radius 2 is 2.22 bits per heavy atom. The van der Waals surface area contributed by atoms with Crippen LogP contribution in [0.2, 0.25) is 0 Å². The van der Waals surface area contributed by atoms with Gasteiger partial charge in [-0.05, 0) is 23.7 Å². The summed E-state index contributed by atoms with van der Waals surface area (Å²) in [6.07, 6.45) is 0.179. The van der Waals surface area contributed by atoms with Crippen molar-refractivity contribution in [3.8, 4) is 0 Å². The lowest BCUT2D eigenvalue weighted by Crippen LogP contribution is -2.24. The highest BCUT2D eigenvalue weighted by Crippen LogP contribution is 2.33. The summed E-state index contributed by atoms with van der Waals surface area (Å²) >= 11 is 6.90. The van der Waals surface area contributed by atoms with E-state index in [1.807, 2.05) is 24.3 Å². The summed E-state index contributed by atoms with van der Waals surface area (Å²) in [6.45, 7) is 0.334. The van der Waals surface area contributed by atoms with Gasteiger partial charge in [-0.3, -0.25) is 14.5 Å². The molecule has 92 valence electrons. The molecule has 1 atom stereocenters. The molecule has 2 heterocycles. The minimum absolute atomic E-state index is 0.0898. The van der Waals surface area contributed by atoms with Crippen LogP contribution in [-0.4, -0.2) is 22.7 Å². The van der Waals surface area contributed by atoms with Crippen LogP contribution in [0.3, 0.4) is 0 Å². The van der Waals surface area contributed by atoms with Crippen LogP contribution in [0.4, 0.5) is 5.13 Å². The number of benzene rings is 1. The minimum Gasteiger partial charge on any atom is -0.287 e. The van der Waals surface area contributed by atoms with E-state index in [0.717, 1.165) is 10.2 Å². The van der Waals surface area contributed by atoms with E-state index in [-0.39, 0.29) is 12.3 Å². The second-order valence-electron chi connectivity index (χ2n) is 4.17. The fourth-order valence-corrected chi connectivity index (χ4v) is 3.16. The van der Waals surface area contributed by atoms with Crippen LogP contribution >= 0.6 is 22.9 Å². The van der Waals surface area contributed by atoms with Gasteiger partial charge in [0.25, 0.3) is 0 Å². The lowest BCUT2D eigenvalue weighted by atomic mass is 10.1. The van der Waals surface area contributed by atoms with E-state index in [1.165, 1.54) is 11.3 Å². The van der Waals surface area contributed by atoms with Crippen molar-refractivity contribution in [1.29, 1.82) is 0 Å². The van der Waals surface area contributed by atoms with Crippen molar-refractivity contribution in [2.24, 2.45) is 5.92 Å². The van der Waals surface area contributed by atoms with Crippen LogP contribution in [0, 0.1) is 5.92 Å². The van der Waals surface area contributed by atoms with Crippen molar-refractivity contribution in [3.05, 3.63) is 24.3 Å². The van der Waals surface area contributed by atoms with Crippen LogP contribution in [0.25, 0.3) is 10.2 Å². The van der Waals surface area contributed by atoms with E-state index in [2.05, 4.69) is 4.98 Å². The number of thiazole rings is 1. The molecule has 1 aromatic heterocycles. The quantitative estimate of drug-likeness (QED) is 0.794. The van der Waals surface area contributed by atoms with E-state index in [1.54, 1.807) is 4.90 Å². The molecule has 0 aliphatic carbocycles. The van der Waals surface area contributed by atoms with Gasteiger partial charge in [0.2, 0.25) is 11.1 Å². The first-order chi connectivity index (χ1) is 8.65. The summed E-state index contributed by atoms with van der Waals surface area (Å²) in [5.74, 6) is -0.501. The van der Waals surface area contributed by atoms with Crippen LogP contribution in [-0.2, 0) is 9.59 Å². The Labute approximate surface area is 112 Å². The largest absolute Gasteiger partial charge is 0.287 e. The molecule has 1 saturated heterocycles. The van der Waals surface area contributed by atoms with Crippen LogP contribution in [0.15, 0.2) is 24.3 Å². The van der Waals surface area contributed by atoms with E-state index in [9.17, 15) is 9.59 Å². The average Bonchev–Trinajstić information content (AvgIpc) is 2.91. The Bertz CT molecular complexity index is 607. The Hall–Kier alpha value is -1.46. The van der Waals surface area contributed by atoms with E-state index < -0.39 is 11.2 Å². The molecule has 0 bridgehead atoms. The number of nitrogens with zero attached hydrogens (tertiary/aromatic N) is 2. The van der Waals surface area contributed by atoms with Gasteiger partial charge in [0.05, 0.1) is 16.1 Å². The molecular formula is C12H9ClN2O2S.